The first-order valence-electron chi connectivity index (χ1n) is 5.92. The Bertz CT molecular complexity index is 556. The normalized spacial score (nSPS) is 14.3. The Morgan fingerprint density at radius 2 is 1.70 bits per heavy atom. The highest BCUT2D eigenvalue weighted by atomic mass is 35.5. The zero-order chi connectivity index (χ0) is 14.7. The van der Waals surface area contributed by atoms with E-state index in [1.165, 1.54) is 12.1 Å². The molecule has 0 aliphatic heterocycles. The van der Waals surface area contributed by atoms with E-state index in [2.05, 4.69) is 10.6 Å². The van der Waals surface area contributed by atoms with Gasteiger partial charge in [-0.2, -0.15) is 0 Å². The fourth-order valence-corrected chi connectivity index (χ4v) is 2.47. The number of carboxylic acids is 1. The second-order valence-corrected chi connectivity index (χ2v) is 5.17. The number of benzene rings is 1. The average molecular weight is 315 g/mol. The standard InChI is InChI=1S/C13H12Cl2N2O3/c14-9-5-7(12(18)19)6-10(15)11(9)17-13(20)16-8-3-1-2-4-8/h1-2,5-6,8H,3-4H2,(H,18,19)(H2,16,17,20). The molecule has 1 aromatic carbocycles. The van der Waals surface area contributed by atoms with Crippen LogP contribution >= 0.6 is 23.2 Å². The Morgan fingerprint density at radius 3 is 2.20 bits per heavy atom. The lowest BCUT2D eigenvalue weighted by Crippen LogP contribution is -2.36. The van der Waals surface area contributed by atoms with Gasteiger partial charge >= 0.3 is 12.0 Å². The first-order valence-corrected chi connectivity index (χ1v) is 6.68. The van der Waals surface area contributed by atoms with Crippen molar-refractivity contribution < 1.29 is 14.7 Å². The fourth-order valence-electron chi connectivity index (χ4n) is 1.89. The van der Waals surface area contributed by atoms with Crippen molar-refractivity contribution >= 4 is 40.9 Å². The van der Waals surface area contributed by atoms with Crippen molar-refractivity contribution in [1.29, 1.82) is 0 Å². The Morgan fingerprint density at radius 1 is 1.15 bits per heavy atom. The highest BCUT2D eigenvalue weighted by molar-refractivity contribution is 6.40. The largest absolute Gasteiger partial charge is 0.478 e. The minimum absolute atomic E-state index is 0.0362. The van der Waals surface area contributed by atoms with Gasteiger partial charge in [0.2, 0.25) is 0 Å². The summed E-state index contributed by atoms with van der Waals surface area (Å²) in [7, 11) is 0. The second kappa shape index (κ2) is 6.15. The van der Waals surface area contributed by atoms with Crippen LogP contribution < -0.4 is 10.6 Å². The minimum atomic E-state index is -1.14. The number of urea groups is 1. The Kier molecular flexibility index (Phi) is 4.52. The van der Waals surface area contributed by atoms with Crippen LogP contribution in [-0.2, 0) is 0 Å². The van der Waals surface area contributed by atoms with Crippen LogP contribution in [0.3, 0.4) is 0 Å². The molecule has 7 heteroatoms. The maximum atomic E-state index is 11.8. The molecule has 0 saturated carbocycles. The van der Waals surface area contributed by atoms with E-state index in [0.717, 1.165) is 12.8 Å². The lowest BCUT2D eigenvalue weighted by atomic mass is 10.2. The molecule has 3 N–H and O–H groups in total. The minimum Gasteiger partial charge on any atom is -0.478 e. The van der Waals surface area contributed by atoms with E-state index in [1.807, 2.05) is 12.2 Å². The molecule has 106 valence electrons. The number of anilines is 1. The molecular formula is C13H12Cl2N2O3. The van der Waals surface area contributed by atoms with Crippen LogP contribution in [0.5, 0.6) is 0 Å². The van der Waals surface area contributed by atoms with E-state index in [0.29, 0.717) is 0 Å². The summed E-state index contributed by atoms with van der Waals surface area (Å²) in [6.07, 6.45) is 5.55. The zero-order valence-corrected chi connectivity index (χ0v) is 11.8. The smallest absolute Gasteiger partial charge is 0.335 e. The number of carbonyl (C=O) groups is 2. The number of hydrogen-bond acceptors (Lipinski definition) is 2. The molecule has 0 unspecified atom stereocenters. The maximum absolute atomic E-state index is 11.8. The molecule has 0 heterocycles. The van der Waals surface area contributed by atoms with Crippen molar-refractivity contribution in [2.45, 2.75) is 18.9 Å². The number of aromatic carboxylic acids is 1. The first kappa shape index (κ1) is 14.7. The van der Waals surface area contributed by atoms with E-state index >= 15 is 0 Å². The molecule has 0 spiro atoms. The van der Waals surface area contributed by atoms with E-state index in [1.54, 1.807) is 0 Å². The van der Waals surface area contributed by atoms with Gasteiger partial charge in [-0.25, -0.2) is 9.59 Å². The van der Waals surface area contributed by atoms with Gasteiger partial charge in [0.05, 0.1) is 21.3 Å². The molecule has 0 fully saturated rings. The summed E-state index contributed by atoms with van der Waals surface area (Å²) >= 11 is 11.9. The van der Waals surface area contributed by atoms with Gasteiger partial charge in [0.1, 0.15) is 0 Å². The lowest BCUT2D eigenvalue weighted by Gasteiger charge is -2.15. The van der Waals surface area contributed by atoms with Crippen molar-refractivity contribution in [2.75, 3.05) is 5.32 Å². The summed E-state index contributed by atoms with van der Waals surface area (Å²) in [4.78, 5) is 22.7. The zero-order valence-electron chi connectivity index (χ0n) is 10.3. The number of hydrogen-bond donors (Lipinski definition) is 3. The molecule has 0 atom stereocenters. The van der Waals surface area contributed by atoms with Crippen molar-refractivity contribution in [3.63, 3.8) is 0 Å². The molecule has 2 amide bonds. The second-order valence-electron chi connectivity index (χ2n) is 4.36. The highest BCUT2D eigenvalue weighted by Gasteiger charge is 2.17. The van der Waals surface area contributed by atoms with Gasteiger partial charge in [0.15, 0.2) is 0 Å². The molecule has 20 heavy (non-hydrogen) atoms. The summed E-state index contributed by atoms with van der Waals surface area (Å²) < 4.78 is 0. The number of nitrogens with one attached hydrogen (secondary N) is 2. The van der Waals surface area contributed by atoms with E-state index in [-0.39, 0.29) is 27.3 Å². The number of carbonyl (C=O) groups excluding carboxylic acids is 1. The van der Waals surface area contributed by atoms with Crippen LogP contribution in [0.2, 0.25) is 10.0 Å². The van der Waals surface area contributed by atoms with Crippen molar-refractivity contribution in [3.8, 4) is 0 Å². The molecule has 5 nitrogen and oxygen atoms in total. The number of carboxylic acid groups (broad SMARTS) is 1. The summed E-state index contributed by atoms with van der Waals surface area (Å²) in [6.45, 7) is 0. The van der Waals surface area contributed by atoms with Crippen LogP contribution in [0.4, 0.5) is 10.5 Å². The molecule has 0 bridgehead atoms. The molecular weight excluding hydrogens is 303 g/mol. The quantitative estimate of drug-likeness (QED) is 0.747. The molecule has 0 saturated heterocycles. The van der Waals surface area contributed by atoms with Crippen molar-refractivity contribution in [3.05, 3.63) is 39.9 Å². The molecule has 0 radical (unpaired) electrons. The Balaban J connectivity index is 2.08. The van der Waals surface area contributed by atoms with Gasteiger partial charge in [-0.3, -0.25) is 0 Å². The summed E-state index contributed by atoms with van der Waals surface area (Å²) in [5.74, 6) is -1.14. The Hall–Kier alpha value is -1.72. The molecule has 2 rings (SSSR count). The Labute approximate surface area is 125 Å². The van der Waals surface area contributed by atoms with Crippen LogP contribution in [0, 0.1) is 0 Å². The van der Waals surface area contributed by atoms with E-state index < -0.39 is 12.0 Å². The SMILES string of the molecule is O=C(Nc1c(Cl)cc(C(=O)O)cc1Cl)NC1CC=CC1. The number of rotatable bonds is 3. The van der Waals surface area contributed by atoms with E-state index in [9.17, 15) is 9.59 Å². The molecule has 1 aromatic rings. The third-order valence-electron chi connectivity index (χ3n) is 2.87. The van der Waals surface area contributed by atoms with Crippen LogP contribution in [-0.4, -0.2) is 23.1 Å². The summed E-state index contributed by atoms with van der Waals surface area (Å²) in [5, 5.41) is 14.3. The van der Waals surface area contributed by atoms with Gasteiger partial charge in [-0.1, -0.05) is 35.4 Å². The average Bonchev–Trinajstić information content (AvgIpc) is 2.86. The predicted octanol–water partition coefficient (Wildman–Crippen LogP) is 3.53. The molecule has 1 aliphatic rings. The van der Waals surface area contributed by atoms with Gasteiger partial charge in [0, 0.05) is 6.04 Å². The van der Waals surface area contributed by atoms with Crippen LogP contribution in [0.25, 0.3) is 0 Å². The third-order valence-corrected chi connectivity index (χ3v) is 3.47. The highest BCUT2D eigenvalue weighted by Crippen LogP contribution is 2.31. The van der Waals surface area contributed by atoms with Crippen molar-refractivity contribution in [1.82, 2.24) is 5.32 Å². The molecule has 0 aromatic heterocycles. The number of halogens is 2. The monoisotopic (exact) mass is 314 g/mol. The third kappa shape index (κ3) is 3.43. The maximum Gasteiger partial charge on any atom is 0.335 e. The number of amides is 2. The van der Waals surface area contributed by atoms with Crippen LogP contribution in [0.15, 0.2) is 24.3 Å². The topological polar surface area (TPSA) is 78.4 Å². The lowest BCUT2D eigenvalue weighted by molar-refractivity contribution is 0.0697. The van der Waals surface area contributed by atoms with Gasteiger partial charge in [0.25, 0.3) is 0 Å². The fraction of sp³-hybridized carbons (Fsp3) is 0.231. The molecule has 1 aliphatic carbocycles. The van der Waals surface area contributed by atoms with Crippen LogP contribution in [0.1, 0.15) is 23.2 Å². The van der Waals surface area contributed by atoms with Gasteiger partial charge < -0.3 is 15.7 Å². The van der Waals surface area contributed by atoms with E-state index in [4.69, 9.17) is 28.3 Å². The van der Waals surface area contributed by atoms with Gasteiger partial charge in [-0.05, 0) is 25.0 Å². The van der Waals surface area contributed by atoms with Gasteiger partial charge in [-0.15, -0.1) is 0 Å². The summed E-state index contributed by atoms with van der Waals surface area (Å²) in [5.41, 5.74) is 0.160. The summed E-state index contributed by atoms with van der Waals surface area (Å²) in [6, 6.07) is 2.11. The predicted molar refractivity (Wildman–Crippen MR) is 77.7 cm³/mol. The van der Waals surface area contributed by atoms with Crippen molar-refractivity contribution in [2.24, 2.45) is 0 Å². The first-order chi connectivity index (χ1) is 9.47.